The van der Waals surface area contributed by atoms with Gasteiger partial charge in [-0.2, -0.15) is 0 Å². The monoisotopic (exact) mass is 358 g/mol. The van der Waals surface area contributed by atoms with Crippen LogP contribution in [0.25, 0.3) is 6.08 Å². The molecule has 5 heteroatoms. The molecule has 0 aromatic heterocycles. The third-order valence-electron chi connectivity index (χ3n) is 3.22. The molecule has 2 rings (SSSR count). The van der Waals surface area contributed by atoms with Crippen molar-refractivity contribution in [3.8, 4) is 5.75 Å². The number of halogens is 1. The fourth-order valence-electron chi connectivity index (χ4n) is 2.11. The molecule has 0 aliphatic carbocycles. The number of carbonyl (C=O) groups excluding carboxylic acids is 2. The van der Waals surface area contributed by atoms with Crippen molar-refractivity contribution in [2.75, 3.05) is 0 Å². The largest absolute Gasteiger partial charge is 0.507 e. The van der Waals surface area contributed by atoms with E-state index in [0.717, 1.165) is 0 Å². The average Bonchev–Trinajstić information content (AvgIpc) is 2.52. The van der Waals surface area contributed by atoms with Crippen LogP contribution in [0, 0.1) is 0 Å². The average molecular weight is 359 g/mol. The van der Waals surface area contributed by atoms with Gasteiger partial charge < -0.3 is 9.84 Å². The fourth-order valence-corrected chi connectivity index (χ4v) is 2.30. The van der Waals surface area contributed by atoms with Crippen molar-refractivity contribution in [3.63, 3.8) is 0 Å². The Labute approximate surface area is 151 Å². The summed E-state index contributed by atoms with van der Waals surface area (Å²) < 4.78 is 5.34. The first kappa shape index (κ1) is 18.7. The molecule has 0 heterocycles. The fraction of sp³-hybridized carbons (Fsp3) is 0.200. The van der Waals surface area contributed by atoms with Crippen LogP contribution in [-0.2, 0) is 9.53 Å². The van der Waals surface area contributed by atoms with E-state index in [4.69, 9.17) is 16.3 Å². The molecule has 0 bridgehead atoms. The van der Waals surface area contributed by atoms with Crippen LogP contribution in [0.1, 0.15) is 36.7 Å². The second kappa shape index (κ2) is 7.53. The molecule has 130 valence electrons. The number of rotatable bonds is 4. The number of hydrogen-bond donors (Lipinski definition) is 1. The highest BCUT2D eigenvalue weighted by Gasteiger charge is 2.27. The molecule has 0 aliphatic heterocycles. The Hall–Kier alpha value is -2.59. The number of Topliss-reactive ketones (excluding diaryl/α,β-unsaturated/α-hetero) is 1. The molecule has 25 heavy (non-hydrogen) atoms. The lowest BCUT2D eigenvalue weighted by molar-refractivity contribution is -0.149. The number of esters is 1. The molecule has 2 aromatic rings. The SMILES string of the molecule is CC(C)(C)OC(=O)C(=Cc1ccccc1Cl)C(=O)c1ccccc1O. The number of para-hydroxylation sites is 1. The lowest BCUT2D eigenvalue weighted by Crippen LogP contribution is -2.27. The quantitative estimate of drug-likeness (QED) is 0.284. The standard InChI is InChI=1S/C20H19ClO4/c1-20(2,3)25-19(24)15(12-13-8-4-6-10-16(13)21)18(23)14-9-5-7-11-17(14)22/h4-12,22H,1-3H3. The summed E-state index contributed by atoms with van der Waals surface area (Å²) in [4.78, 5) is 25.4. The van der Waals surface area contributed by atoms with Crippen molar-refractivity contribution >= 4 is 29.4 Å². The van der Waals surface area contributed by atoms with Gasteiger partial charge in [0.1, 0.15) is 16.9 Å². The van der Waals surface area contributed by atoms with Crippen molar-refractivity contribution in [2.45, 2.75) is 26.4 Å². The summed E-state index contributed by atoms with van der Waals surface area (Å²) in [6.45, 7) is 5.13. The van der Waals surface area contributed by atoms with Crippen molar-refractivity contribution < 1.29 is 19.4 Å². The Kier molecular flexibility index (Phi) is 5.65. The molecular weight excluding hydrogens is 340 g/mol. The summed E-state index contributed by atoms with van der Waals surface area (Å²) in [5, 5.41) is 10.3. The van der Waals surface area contributed by atoms with E-state index in [-0.39, 0.29) is 16.9 Å². The van der Waals surface area contributed by atoms with Crippen LogP contribution < -0.4 is 0 Å². The van der Waals surface area contributed by atoms with Crippen LogP contribution in [-0.4, -0.2) is 22.5 Å². The zero-order valence-electron chi connectivity index (χ0n) is 14.2. The predicted octanol–water partition coefficient (Wildman–Crippen LogP) is 4.65. The van der Waals surface area contributed by atoms with Crippen LogP contribution in [0.3, 0.4) is 0 Å². The Morgan fingerprint density at radius 3 is 2.24 bits per heavy atom. The van der Waals surface area contributed by atoms with E-state index in [1.165, 1.54) is 18.2 Å². The van der Waals surface area contributed by atoms with E-state index in [9.17, 15) is 14.7 Å². The van der Waals surface area contributed by atoms with Crippen molar-refractivity contribution in [3.05, 3.63) is 70.3 Å². The van der Waals surface area contributed by atoms with Gasteiger partial charge in [0.2, 0.25) is 5.78 Å². The van der Waals surface area contributed by atoms with E-state index in [1.54, 1.807) is 57.2 Å². The molecule has 4 nitrogen and oxygen atoms in total. The zero-order valence-corrected chi connectivity index (χ0v) is 15.0. The van der Waals surface area contributed by atoms with Gasteiger partial charge in [0.05, 0.1) is 5.56 Å². The molecule has 0 fully saturated rings. The normalized spacial score (nSPS) is 11.9. The lowest BCUT2D eigenvalue weighted by Gasteiger charge is -2.20. The van der Waals surface area contributed by atoms with Gasteiger partial charge in [0.15, 0.2) is 0 Å². The number of aromatic hydroxyl groups is 1. The minimum atomic E-state index is -0.777. The molecule has 0 saturated carbocycles. The maximum absolute atomic E-state index is 12.8. The number of phenols is 1. The first-order chi connectivity index (χ1) is 11.7. The second-order valence-electron chi connectivity index (χ2n) is 6.43. The van der Waals surface area contributed by atoms with E-state index in [2.05, 4.69) is 0 Å². The highest BCUT2D eigenvalue weighted by Crippen LogP contribution is 2.25. The molecule has 0 aliphatic rings. The highest BCUT2D eigenvalue weighted by atomic mass is 35.5. The second-order valence-corrected chi connectivity index (χ2v) is 6.83. The van der Waals surface area contributed by atoms with E-state index in [1.807, 2.05) is 0 Å². The molecule has 2 aromatic carbocycles. The maximum Gasteiger partial charge on any atom is 0.342 e. The summed E-state index contributed by atoms with van der Waals surface area (Å²) in [5.41, 5.74) is -0.444. The van der Waals surface area contributed by atoms with Gasteiger partial charge in [0.25, 0.3) is 0 Å². The highest BCUT2D eigenvalue weighted by molar-refractivity contribution is 6.33. The smallest absolute Gasteiger partial charge is 0.342 e. The van der Waals surface area contributed by atoms with E-state index in [0.29, 0.717) is 10.6 Å². The third kappa shape index (κ3) is 4.94. The summed E-state index contributed by atoms with van der Waals surface area (Å²) >= 11 is 6.13. The molecule has 0 unspecified atom stereocenters. The first-order valence-electron chi connectivity index (χ1n) is 7.71. The van der Waals surface area contributed by atoms with Gasteiger partial charge in [-0.25, -0.2) is 4.79 Å². The minimum absolute atomic E-state index is 0.0201. The Balaban J connectivity index is 2.53. The third-order valence-corrected chi connectivity index (χ3v) is 3.56. The lowest BCUT2D eigenvalue weighted by atomic mass is 10.00. The number of phenolic OH excluding ortho intramolecular Hbond substituents is 1. The van der Waals surface area contributed by atoms with Crippen LogP contribution >= 0.6 is 11.6 Å². The molecule has 0 spiro atoms. The summed E-state index contributed by atoms with van der Waals surface area (Å²) in [5.74, 6) is -1.62. The van der Waals surface area contributed by atoms with Gasteiger partial charge in [-0.1, -0.05) is 41.9 Å². The summed E-state index contributed by atoms with van der Waals surface area (Å²) in [6, 6.07) is 12.9. The molecular formula is C20H19ClO4. The van der Waals surface area contributed by atoms with Crippen molar-refractivity contribution in [1.29, 1.82) is 0 Å². The summed E-state index contributed by atoms with van der Waals surface area (Å²) in [7, 11) is 0. The zero-order chi connectivity index (χ0) is 18.6. The van der Waals surface area contributed by atoms with Crippen LogP contribution in [0.15, 0.2) is 54.1 Å². The first-order valence-corrected chi connectivity index (χ1v) is 8.09. The number of benzene rings is 2. The summed E-state index contributed by atoms with van der Waals surface area (Å²) in [6.07, 6.45) is 1.38. The van der Waals surface area contributed by atoms with E-state index >= 15 is 0 Å². The molecule has 0 saturated heterocycles. The Morgan fingerprint density at radius 1 is 1.04 bits per heavy atom. The molecule has 0 amide bonds. The molecule has 1 N–H and O–H groups in total. The predicted molar refractivity (Wildman–Crippen MR) is 97.7 cm³/mol. The Morgan fingerprint density at radius 2 is 1.64 bits per heavy atom. The van der Waals surface area contributed by atoms with E-state index < -0.39 is 17.4 Å². The van der Waals surface area contributed by atoms with Crippen molar-refractivity contribution in [1.82, 2.24) is 0 Å². The van der Waals surface area contributed by atoms with Gasteiger partial charge in [-0.3, -0.25) is 4.79 Å². The number of carbonyl (C=O) groups is 2. The molecule has 0 atom stereocenters. The number of ether oxygens (including phenoxy) is 1. The van der Waals surface area contributed by atoms with Crippen LogP contribution in [0.2, 0.25) is 5.02 Å². The van der Waals surface area contributed by atoms with Crippen molar-refractivity contribution in [2.24, 2.45) is 0 Å². The van der Waals surface area contributed by atoms with Gasteiger partial charge in [0, 0.05) is 5.02 Å². The number of ketones is 1. The minimum Gasteiger partial charge on any atom is -0.507 e. The molecule has 0 radical (unpaired) electrons. The maximum atomic E-state index is 12.8. The van der Waals surface area contributed by atoms with Crippen LogP contribution in [0.5, 0.6) is 5.75 Å². The van der Waals surface area contributed by atoms with Crippen LogP contribution in [0.4, 0.5) is 0 Å². The van der Waals surface area contributed by atoms with Gasteiger partial charge in [-0.05, 0) is 50.6 Å². The van der Waals surface area contributed by atoms with Gasteiger partial charge >= 0.3 is 5.97 Å². The van der Waals surface area contributed by atoms with Gasteiger partial charge in [-0.15, -0.1) is 0 Å². The topological polar surface area (TPSA) is 63.6 Å². The number of hydrogen-bond acceptors (Lipinski definition) is 4. The Bertz CT molecular complexity index is 832.